The largest absolute Gasteiger partial charge is 0.467 e. The molecule has 3 aromatic rings. The zero-order valence-corrected chi connectivity index (χ0v) is 10.1. The van der Waals surface area contributed by atoms with Gasteiger partial charge in [0.25, 0.3) is 0 Å². The van der Waals surface area contributed by atoms with E-state index < -0.39 is 17.4 Å². The Labute approximate surface area is 110 Å². The maximum absolute atomic E-state index is 12.6. The number of benzene rings is 1. The van der Waals surface area contributed by atoms with Crippen molar-refractivity contribution in [3.8, 4) is 0 Å². The molecular weight excluding hydrogens is 273 g/mol. The maximum Gasteiger partial charge on any atom is 0.416 e. The summed E-state index contributed by atoms with van der Waals surface area (Å²) in [6.07, 6.45) is -2.97. The topological polar surface area (TPSA) is 50.9 Å². The van der Waals surface area contributed by atoms with E-state index in [0.29, 0.717) is 11.3 Å². The SMILES string of the molecule is O=c1[nH]c2cc(C(F)(F)F)ccc2n1Cc1ccco1. The first-order chi connectivity index (χ1) is 9.45. The molecule has 7 heteroatoms. The molecule has 0 aliphatic carbocycles. The van der Waals surface area contributed by atoms with Crippen LogP contribution in [0.5, 0.6) is 0 Å². The average Bonchev–Trinajstić information content (AvgIpc) is 2.97. The normalized spacial score (nSPS) is 12.2. The second-order valence-corrected chi connectivity index (χ2v) is 4.33. The molecule has 0 spiro atoms. The molecule has 0 fully saturated rings. The van der Waals surface area contributed by atoms with Crippen LogP contribution in [0.4, 0.5) is 13.2 Å². The fourth-order valence-electron chi connectivity index (χ4n) is 2.06. The van der Waals surface area contributed by atoms with Crippen LogP contribution in [0.2, 0.25) is 0 Å². The van der Waals surface area contributed by atoms with Crippen molar-refractivity contribution in [3.05, 3.63) is 58.4 Å². The summed E-state index contributed by atoms with van der Waals surface area (Å²) >= 11 is 0. The number of nitrogens with zero attached hydrogens (tertiary/aromatic N) is 1. The van der Waals surface area contributed by atoms with Crippen LogP contribution in [0.15, 0.2) is 45.8 Å². The molecule has 0 aliphatic rings. The molecule has 0 aliphatic heterocycles. The van der Waals surface area contributed by atoms with Crippen molar-refractivity contribution in [2.45, 2.75) is 12.7 Å². The highest BCUT2D eigenvalue weighted by Gasteiger charge is 2.30. The van der Waals surface area contributed by atoms with Crippen LogP contribution >= 0.6 is 0 Å². The molecule has 0 amide bonds. The third kappa shape index (κ3) is 2.11. The van der Waals surface area contributed by atoms with Crippen LogP contribution in [0.25, 0.3) is 11.0 Å². The molecular formula is C13H9F3N2O2. The van der Waals surface area contributed by atoms with Gasteiger partial charge in [0, 0.05) is 0 Å². The molecule has 0 saturated heterocycles. The lowest BCUT2D eigenvalue weighted by Gasteiger charge is -2.06. The van der Waals surface area contributed by atoms with E-state index in [-0.39, 0.29) is 12.1 Å². The molecule has 104 valence electrons. The Balaban J connectivity index is 2.10. The summed E-state index contributed by atoms with van der Waals surface area (Å²) in [6, 6.07) is 6.52. The van der Waals surface area contributed by atoms with Crippen LogP contribution in [0.3, 0.4) is 0 Å². The van der Waals surface area contributed by atoms with E-state index in [1.54, 1.807) is 12.1 Å². The minimum absolute atomic E-state index is 0.149. The number of aromatic nitrogens is 2. The highest BCUT2D eigenvalue weighted by Crippen LogP contribution is 2.30. The molecule has 20 heavy (non-hydrogen) atoms. The number of fused-ring (bicyclic) bond motifs is 1. The number of rotatable bonds is 2. The van der Waals surface area contributed by atoms with Gasteiger partial charge in [0.05, 0.1) is 29.4 Å². The summed E-state index contributed by atoms with van der Waals surface area (Å²) in [5.74, 6) is 0.549. The van der Waals surface area contributed by atoms with Gasteiger partial charge in [0.15, 0.2) is 0 Å². The summed E-state index contributed by atoms with van der Waals surface area (Å²) in [4.78, 5) is 14.2. The number of nitrogens with one attached hydrogen (secondary N) is 1. The Morgan fingerprint density at radius 2 is 2.05 bits per heavy atom. The summed E-state index contributed by atoms with van der Waals surface area (Å²) in [5.41, 5.74) is -0.720. The van der Waals surface area contributed by atoms with Crippen LogP contribution in [-0.2, 0) is 12.7 Å². The Bertz CT molecular complexity index is 797. The predicted octanol–water partition coefficient (Wildman–Crippen LogP) is 2.99. The maximum atomic E-state index is 12.6. The van der Waals surface area contributed by atoms with Gasteiger partial charge >= 0.3 is 11.9 Å². The lowest BCUT2D eigenvalue weighted by Crippen LogP contribution is -2.16. The summed E-state index contributed by atoms with van der Waals surface area (Å²) in [7, 11) is 0. The second kappa shape index (κ2) is 4.29. The van der Waals surface area contributed by atoms with Gasteiger partial charge in [-0.3, -0.25) is 4.57 Å². The smallest absolute Gasteiger partial charge is 0.416 e. The average molecular weight is 282 g/mol. The lowest BCUT2D eigenvalue weighted by molar-refractivity contribution is -0.137. The highest BCUT2D eigenvalue weighted by atomic mass is 19.4. The number of furan rings is 1. The molecule has 4 nitrogen and oxygen atoms in total. The quantitative estimate of drug-likeness (QED) is 0.785. The Kier molecular flexibility index (Phi) is 2.70. The fourth-order valence-corrected chi connectivity index (χ4v) is 2.06. The molecule has 0 radical (unpaired) electrons. The molecule has 2 heterocycles. The van der Waals surface area contributed by atoms with Crippen molar-refractivity contribution >= 4 is 11.0 Å². The number of aromatic amines is 1. The van der Waals surface area contributed by atoms with Gasteiger partial charge in [-0.15, -0.1) is 0 Å². The van der Waals surface area contributed by atoms with Gasteiger partial charge in [-0.1, -0.05) is 0 Å². The minimum atomic E-state index is -4.44. The first-order valence-electron chi connectivity index (χ1n) is 5.77. The van der Waals surface area contributed by atoms with Crippen molar-refractivity contribution in [1.82, 2.24) is 9.55 Å². The summed E-state index contributed by atoms with van der Waals surface area (Å²) < 4.78 is 44.3. The van der Waals surface area contributed by atoms with Gasteiger partial charge in [0.1, 0.15) is 5.76 Å². The molecule has 0 atom stereocenters. The number of halogens is 3. The van der Waals surface area contributed by atoms with E-state index in [2.05, 4.69) is 4.98 Å². The zero-order valence-electron chi connectivity index (χ0n) is 10.1. The van der Waals surface area contributed by atoms with Gasteiger partial charge in [-0.05, 0) is 30.3 Å². The summed E-state index contributed by atoms with van der Waals surface area (Å²) in [6.45, 7) is 0.164. The Morgan fingerprint density at radius 3 is 2.70 bits per heavy atom. The number of alkyl halides is 3. The van der Waals surface area contributed by atoms with E-state index >= 15 is 0 Å². The van der Waals surface area contributed by atoms with Crippen molar-refractivity contribution in [2.24, 2.45) is 0 Å². The molecule has 0 unspecified atom stereocenters. The van der Waals surface area contributed by atoms with Crippen molar-refractivity contribution in [1.29, 1.82) is 0 Å². The zero-order chi connectivity index (χ0) is 14.3. The van der Waals surface area contributed by atoms with Crippen molar-refractivity contribution in [2.75, 3.05) is 0 Å². The van der Waals surface area contributed by atoms with E-state index in [9.17, 15) is 18.0 Å². The van der Waals surface area contributed by atoms with Crippen LogP contribution in [-0.4, -0.2) is 9.55 Å². The monoisotopic (exact) mass is 282 g/mol. The predicted molar refractivity (Wildman–Crippen MR) is 65.4 cm³/mol. The number of imidazole rings is 1. The van der Waals surface area contributed by atoms with Gasteiger partial charge in [-0.2, -0.15) is 13.2 Å². The molecule has 2 aromatic heterocycles. The standard InChI is InChI=1S/C13H9F3N2O2/c14-13(15,16)8-3-4-11-10(6-8)17-12(19)18(11)7-9-2-1-5-20-9/h1-6H,7H2,(H,17,19). The number of hydrogen-bond acceptors (Lipinski definition) is 2. The van der Waals surface area contributed by atoms with Crippen LogP contribution in [0, 0.1) is 0 Å². The number of H-pyrrole nitrogens is 1. The number of hydrogen-bond donors (Lipinski definition) is 1. The van der Waals surface area contributed by atoms with E-state index in [0.717, 1.165) is 12.1 Å². The fraction of sp³-hybridized carbons (Fsp3) is 0.154. The second-order valence-electron chi connectivity index (χ2n) is 4.33. The lowest BCUT2D eigenvalue weighted by atomic mass is 10.2. The molecule has 0 bridgehead atoms. The minimum Gasteiger partial charge on any atom is -0.467 e. The van der Waals surface area contributed by atoms with Gasteiger partial charge in [0.2, 0.25) is 0 Å². The van der Waals surface area contributed by atoms with E-state index in [1.165, 1.54) is 16.9 Å². The van der Waals surface area contributed by atoms with Crippen LogP contribution in [0.1, 0.15) is 11.3 Å². The van der Waals surface area contributed by atoms with Gasteiger partial charge in [-0.25, -0.2) is 4.79 Å². The Morgan fingerprint density at radius 1 is 1.25 bits per heavy atom. The highest BCUT2D eigenvalue weighted by molar-refractivity contribution is 5.76. The van der Waals surface area contributed by atoms with Crippen molar-refractivity contribution < 1.29 is 17.6 Å². The van der Waals surface area contributed by atoms with Crippen LogP contribution < -0.4 is 5.69 Å². The molecule has 1 N–H and O–H groups in total. The summed E-state index contributed by atoms with van der Waals surface area (Å²) in [5, 5.41) is 0. The first kappa shape index (κ1) is 12.6. The van der Waals surface area contributed by atoms with Gasteiger partial charge < -0.3 is 9.40 Å². The van der Waals surface area contributed by atoms with Crippen molar-refractivity contribution in [3.63, 3.8) is 0 Å². The molecule has 3 rings (SSSR count). The molecule has 1 aromatic carbocycles. The van der Waals surface area contributed by atoms with E-state index in [4.69, 9.17) is 4.42 Å². The Hall–Kier alpha value is -2.44. The van der Waals surface area contributed by atoms with E-state index in [1.807, 2.05) is 0 Å². The third-order valence-corrected chi connectivity index (χ3v) is 3.00. The molecule has 0 saturated carbocycles. The third-order valence-electron chi connectivity index (χ3n) is 3.00. The first-order valence-corrected chi connectivity index (χ1v) is 5.77.